The lowest BCUT2D eigenvalue weighted by atomic mass is 10.1. The topological polar surface area (TPSA) is 34.1 Å². The van der Waals surface area contributed by atoms with Crippen molar-refractivity contribution in [2.75, 3.05) is 0 Å². The Morgan fingerprint density at radius 1 is 1.23 bits per heavy atom. The van der Waals surface area contributed by atoms with Crippen LogP contribution in [0.2, 0.25) is 0 Å². The number of rotatable bonds is 3. The third-order valence-electron chi connectivity index (χ3n) is 1.58. The third-order valence-corrected chi connectivity index (χ3v) is 2.10. The van der Waals surface area contributed by atoms with Crippen LogP contribution >= 0.6 is 15.9 Å². The Morgan fingerprint density at radius 3 is 2.23 bits per heavy atom. The second-order valence-corrected chi connectivity index (χ2v) is 3.72. The van der Waals surface area contributed by atoms with Gasteiger partial charge in [-0.1, -0.05) is 28.1 Å². The van der Waals surface area contributed by atoms with Gasteiger partial charge in [-0.2, -0.15) is 0 Å². The molecule has 0 spiro atoms. The summed E-state index contributed by atoms with van der Waals surface area (Å²) in [6, 6.07) is 6.98. The van der Waals surface area contributed by atoms with Crippen LogP contribution in [0.3, 0.4) is 0 Å². The minimum Gasteiger partial charge on any atom is -0.300 e. The Hall–Kier alpha value is -0.960. The number of hydrogen-bond donors (Lipinski definition) is 0. The molecular formula is C10H9BrO2. The van der Waals surface area contributed by atoms with Gasteiger partial charge in [0.2, 0.25) is 0 Å². The van der Waals surface area contributed by atoms with Crippen molar-refractivity contribution in [1.82, 2.24) is 0 Å². The Bertz CT molecular complexity index is 327. The molecule has 3 heteroatoms. The molecule has 1 aromatic carbocycles. The third kappa shape index (κ3) is 3.11. The first-order chi connectivity index (χ1) is 6.09. The van der Waals surface area contributed by atoms with Gasteiger partial charge < -0.3 is 0 Å². The summed E-state index contributed by atoms with van der Waals surface area (Å²) in [7, 11) is 0. The lowest BCUT2D eigenvalue weighted by molar-refractivity contribution is -0.116. The van der Waals surface area contributed by atoms with E-state index in [2.05, 4.69) is 15.9 Å². The fourth-order valence-corrected chi connectivity index (χ4v) is 1.23. The van der Waals surface area contributed by atoms with Gasteiger partial charge in [-0.15, -0.1) is 0 Å². The van der Waals surface area contributed by atoms with Crippen molar-refractivity contribution in [2.24, 2.45) is 0 Å². The van der Waals surface area contributed by atoms with Gasteiger partial charge in [-0.25, -0.2) is 0 Å². The zero-order valence-corrected chi connectivity index (χ0v) is 8.80. The maximum atomic E-state index is 11.3. The number of halogens is 1. The molecule has 68 valence electrons. The Morgan fingerprint density at radius 2 is 1.77 bits per heavy atom. The van der Waals surface area contributed by atoms with Crippen LogP contribution in [0.15, 0.2) is 28.7 Å². The molecule has 0 amide bonds. The monoisotopic (exact) mass is 240 g/mol. The van der Waals surface area contributed by atoms with Gasteiger partial charge >= 0.3 is 0 Å². The number of Topliss-reactive ketones (excluding diaryl/α,β-unsaturated/α-hetero) is 2. The number of carbonyl (C=O) groups is 2. The average Bonchev–Trinajstić information content (AvgIpc) is 2.04. The highest BCUT2D eigenvalue weighted by molar-refractivity contribution is 9.10. The van der Waals surface area contributed by atoms with Gasteiger partial charge in [0.15, 0.2) is 5.78 Å². The van der Waals surface area contributed by atoms with Crippen molar-refractivity contribution in [3.05, 3.63) is 34.3 Å². The number of carbonyl (C=O) groups excluding carboxylic acids is 2. The fraction of sp³-hybridized carbons (Fsp3) is 0.200. The van der Waals surface area contributed by atoms with E-state index in [4.69, 9.17) is 0 Å². The van der Waals surface area contributed by atoms with Gasteiger partial charge in [-0.05, 0) is 19.1 Å². The Balaban J connectivity index is 2.78. The van der Waals surface area contributed by atoms with Gasteiger partial charge in [0.1, 0.15) is 5.78 Å². The Labute approximate surface area is 85.1 Å². The van der Waals surface area contributed by atoms with Gasteiger partial charge in [0.05, 0.1) is 6.42 Å². The SMILES string of the molecule is CC(=O)CC(=O)c1ccc(Br)cc1. The van der Waals surface area contributed by atoms with E-state index >= 15 is 0 Å². The van der Waals surface area contributed by atoms with Crippen molar-refractivity contribution < 1.29 is 9.59 Å². The van der Waals surface area contributed by atoms with Crippen LogP contribution in [0.5, 0.6) is 0 Å². The van der Waals surface area contributed by atoms with Crippen LogP contribution in [0.25, 0.3) is 0 Å². The standard InChI is InChI=1S/C10H9BrO2/c1-7(12)6-10(13)8-2-4-9(11)5-3-8/h2-5H,6H2,1H3. The predicted molar refractivity (Wildman–Crippen MR) is 53.8 cm³/mol. The molecule has 2 nitrogen and oxygen atoms in total. The minimum absolute atomic E-state index is 0.0123. The summed E-state index contributed by atoms with van der Waals surface area (Å²) >= 11 is 3.27. The number of hydrogen-bond acceptors (Lipinski definition) is 2. The van der Waals surface area contributed by atoms with Crippen molar-refractivity contribution in [1.29, 1.82) is 0 Å². The highest BCUT2D eigenvalue weighted by Crippen LogP contribution is 2.11. The molecule has 0 radical (unpaired) electrons. The molecular weight excluding hydrogens is 232 g/mol. The van der Waals surface area contributed by atoms with Crippen LogP contribution in [-0.4, -0.2) is 11.6 Å². The molecule has 0 aromatic heterocycles. The molecule has 0 atom stereocenters. The minimum atomic E-state index is -0.125. The Kier molecular flexibility index (Phi) is 3.37. The quantitative estimate of drug-likeness (QED) is 0.602. The molecule has 0 aliphatic carbocycles. The summed E-state index contributed by atoms with van der Waals surface area (Å²) in [6.45, 7) is 1.41. The summed E-state index contributed by atoms with van der Waals surface area (Å²) in [5.41, 5.74) is 0.582. The molecule has 0 saturated heterocycles. The lowest BCUT2D eigenvalue weighted by Crippen LogP contribution is -2.04. The molecule has 0 aliphatic rings. The van der Waals surface area contributed by atoms with E-state index in [9.17, 15) is 9.59 Å². The molecule has 0 unspecified atom stereocenters. The van der Waals surface area contributed by atoms with E-state index in [1.54, 1.807) is 24.3 Å². The van der Waals surface area contributed by atoms with Crippen LogP contribution < -0.4 is 0 Å². The van der Waals surface area contributed by atoms with E-state index in [0.717, 1.165) is 4.47 Å². The van der Waals surface area contributed by atoms with Crippen LogP contribution in [0.4, 0.5) is 0 Å². The fourth-order valence-electron chi connectivity index (χ4n) is 0.964. The van der Waals surface area contributed by atoms with Gasteiger partial charge in [0, 0.05) is 10.0 Å². The first kappa shape index (κ1) is 10.1. The normalized spacial score (nSPS) is 9.69. The van der Waals surface area contributed by atoms with Gasteiger partial charge in [-0.3, -0.25) is 9.59 Å². The van der Waals surface area contributed by atoms with E-state index in [-0.39, 0.29) is 18.0 Å². The highest BCUT2D eigenvalue weighted by Gasteiger charge is 2.07. The van der Waals surface area contributed by atoms with Crippen LogP contribution in [0.1, 0.15) is 23.7 Å². The van der Waals surface area contributed by atoms with E-state index in [0.29, 0.717) is 5.56 Å². The highest BCUT2D eigenvalue weighted by atomic mass is 79.9. The summed E-state index contributed by atoms with van der Waals surface area (Å²) in [6.07, 6.45) is -0.0123. The summed E-state index contributed by atoms with van der Waals surface area (Å²) in [5, 5.41) is 0. The molecule has 0 fully saturated rings. The first-order valence-electron chi connectivity index (χ1n) is 3.88. The average molecular weight is 241 g/mol. The zero-order valence-electron chi connectivity index (χ0n) is 7.21. The number of benzene rings is 1. The summed E-state index contributed by atoms with van der Waals surface area (Å²) in [4.78, 5) is 22.0. The molecule has 0 heterocycles. The molecule has 1 rings (SSSR count). The van der Waals surface area contributed by atoms with Gasteiger partial charge in [0.25, 0.3) is 0 Å². The second-order valence-electron chi connectivity index (χ2n) is 2.81. The molecule has 13 heavy (non-hydrogen) atoms. The van der Waals surface area contributed by atoms with E-state index in [1.165, 1.54) is 6.92 Å². The van der Waals surface area contributed by atoms with E-state index in [1.807, 2.05) is 0 Å². The van der Waals surface area contributed by atoms with E-state index < -0.39 is 0 Å². The largest absolute Gasteiger partial charge is 0.300 e. The molecule has 0 bridgehead atoms. The lowest BCUT2D eigenvalue weighted by Gasteiger charge is -1.97. The van der Waals surface area contributed by atoms with Crippen molar-refractivity contribution in [3.8, 4) is 0 Å². The smallest absolute Gasteiger partial charge is 0.170 e. The maximum absolute atomic E-state index is 11.3. The second kappa shape index (κ2) is 4.33. The first-order valence-corrected chi connectivity index (χ1v) is 4.67. The summed E-state index contributed by atoms with van der Waals surface area (Å²) in [5.74, 6) is -0.229. The number of ketones is 2. The van der Waals surface area contributed by atoms with Crippen molar-refractivity contribution in [2.45, 2.75) is 13.3 Å². The maximum Gasteiger partial charge on any atom is 0.170 e. The van der Waals surface area contributed by atoms with Crippen LogP contribution in [-0.2, 0) is 4.79 Å². The molecule has 0 saturated carbocycles. The molecule has 0 aliphatic heterocycles. The van der Waals surface area contributed by atoms with Crippen molar-refractivity contribution >= 4 is 27.5 Å². The molecule has 1 aromatic rings. The van der Waals surface area contributed by atoms with Crippen LogP contribution in [0, 0.1) is 0 Å². The predicted octanol–water partition coefficient (Wildman–Crippen LogP) is 2.61. The zero-order chi connectivity index (χ0) is 9.84. The molecule has 0 N–H and O–H groups in total. The summed E-state index contributed by atoms with van der Waals surface area (Å²) < 4.78 is 0.923. The van der Waals surface area contributed by atoms with Crippen molar-refractivity contribution in [3.63, 3.8) is 0 Å².